The Morgan fingerprint density at radius 1 is 1.32 bits per heavy atom. The molecule has 0 aromatic heterocycles. The first-order valence-electron chi connectivity index (χ1n) is 5.31. The van der Waals surface area contributed by atoms with Gasteiger partial charge in [-0.15, -0.1) is 0 Å². The molecule has 0 bridgehead atoms. The number of primary amides is 1. The number of carboxylic acids is 1. The molecule has 0 spiro atoms. The van der Waals surface area contributed by atoms with E-state index in [9.17, 15) is 19.5 Å². The van der Waals surface area contributed by atoms with E-state index in [0.717, 1.165) is 7.11 Å². The molecule has 102 valence electrons. The highest BCUT2D eigenvalue weighted by molar-refractivity contribution is 6.07. The van der Waals surface area contributed by atoms with Gasteiger partial charge in [-0.25, -0.2) is 4.79 Å². The molecule has 0 aliphatic carbocycles. The summed E-state index contributed by atoms with van der Waals surface area (Å²) in [5.74, 6) is -2.34. The topological polar surface area (TPSA) is 119 Å². The molecule has 0 aliphatic heterocycles. The van der Waals surface area contributed by atoms with Crippen molar-refractivity contribution >= 4 is 23.7 Å². The molecule has 0 radical (unpaired) electrons. The molecule has 0 heterocycles. The number of ether oxygens (including phenoxy) is 1. The summed E-state index contributed by atoms with van der Waals surface area (Å²) >= 11 is 0. The summed E-state index contributed by atoms with van der Waals surface area (Å²) < 4.78 is 4.53. The standard InChI is InChI=1S/C12H14N2O5/c1-12(9(15)16,10(17)19-2)7-5-3-4-6-8(7)14-11(13)18/h3-6H,1-2H3,(H,15,16)(H3,13,14,18). The third-order valence-electron chi connectivity index (χ3n) is 2.74. The number of amides is 2. The molecule has 1 atom stereocenters. The van der Waals surface area contributed by atoms with Crippen molar-refractivity contribution in [2.24, 2.45) is 5.73 Å². The second-order valence-corrected chi connectivity index (χ2v) is 3.96. The van der Waals surface area contributed by atoms with Crippen molar-refractivity contribution in [1.29, 1.82) is 0 Å². The SMILES string of the molecule is COC(=O)C(C)(C(=O)O)c1ccccc1NC(N)=O. The Bertz CT molecular complexity index is 529. The van der Waals surface area contributed by atoms with E-state index < -0.39 is 23.4 Å². The lowest BCUT2D eigenvalue weighted by molar-refractivity contribution is -0.158. The first-order valence-corrected chi connectivity index (χ1v) is 5.31. The molecule has 0 saturated heterocycles. The van der Waals surface area contributed by atoms with E-state index in [1.807, 2.05) is 0 Å². The van der Waals surface area contributed by atoms with Crippen LogP contribution in [0.5, 0.6) is 0 Å². The van der Waals surface area contributed by atoms with Gasteiger partial charge in [0.2, 0.25) is 0 Å². The van der Waals surface area contributed by atoms with Crippen molar-refractivity contribution in [3.05, 3.63) is 29.8 Å². The smallest absolute Gasteiger partial charge is 0.327 e. The van der Waals surface area contributed by atoms with Gasteiger partial charge in [-0.05, 0) is 13.0 Å². The normalized spacial score (nSPS) is 13.2. The van der Waals surface area contributed by atoms with Crippen LogP contribution in [0.4, 0.5) is 10.5 Å². The highest BCUT2D eigenvalue weighted by Crippen LogP contribution is 2.31. The summed E-state index contributed by atoms with van der Waals surface area (Å²) in [5, 5.41) is 11.6. The first-order chi connectivity index (χ1) is 8.83. The number of nitrogens with one attached hydrogen (secondary N) is 1. The predicted octanol–water partition coefficient (Wildman–Crippen LogP) is 0.693. The average molecular weight is 266 g/mol. The Balaban J connectivity index is 3.43. The molecule has 0 saturated carbocycles. The number of para-hydroxylation sites is 1. The summed E-state index contributed by atoms with van der Waals surface area (Å²) in [7, 11) is 1.09. The number of carboxylic acid groups (broad SMARTS) is 1. The minimum Gasteiger partial charge on any atom is -0.480 e. The third kappa shape index (κ3) is 2.65. The molecular formula is C12H14N2O5. The summed E-state index contributed by atoms with van der Waals surface area (Å²) in [4.78, 5) is 34.1. The van der Waals surface area contributed by atoms with Crippen LogP contribution >= 0.6 is 0 Å². The maximum absolute atomic E-state index is 11.8. The summed E-state index contributed by atoms with van der Waals surface area (Å²) in [6.45, 7) is 1.20. The van der Waals surface area contributed by atoms with Gasteiger partial charge in [-0.1, -0.05) is 18.2 Å². The van der Waals surface area contributed by atoms with Crippen molar-refractivity contribution in [1.82, 2.24) is 0 Å². The number of esters is 1. The lowest BCUT2D eigenvalue weighted by Gasteiger charge is -2.24. The van der Waals surface area contributed by atoms with E-state index in [-0.39, 0.29) is 11.3 Å². The molecule has 4 N–H and O–H groups in total. The molecule has 2 amide bonds. The largest absolute Gasteiger partial charge is 0.480 e. The van der Waals surface area contributed by atoms with E-state index >= 15 is 0 Å². The Morgan fingerprint density at radius 3 is 2.37 bits per heavy atom. The van der Waals surface area contributed by atoms with Crippen LogP contribution in [-0.2, 0) is 19.7 Å². The van der Waals surface area contributed by atoms with Crippen molar-refractivity contribution in [2.45, 2.75) is 12.3 Å². The van der Waals surface area contributed by atoms with Crippen LogP contribution < -0.4 is 11.1 Å². The van der Waals surface area contributed by atoms with Crippen molar-refractivity contribution in [2.75, 3.05) is 12.4 Å². The van der Waals surface area contributed by atoms with Gasteiger partial charge < -0.3 is 20.9 Å². The zero-order valence-corrected chi connectivity index (χ0v) is 10.5. The minimum atomic E-state index is -1.94. The highest BCUT2D eigenvalue weighted by Gasteiger charge is 2.46. The quantitative estimate of drug-likeness (QED) is 0.547. The maximum Gasteiger partial charge on any atom is 0.327 e. The Morgan fingerprint density at radius 2 is 1.89 bits per heavy atom. The van der Waals surface area contributed by atoms with Gasteiger partial charge in [0, 0.05) is 11.3 Å². The minimum absolute atomic E-state index is 0.0909. The molecule has 1 aromatic rings. The lowest BCUT2D eigenvalue weighted by Crippen LogP contribution is -2.42. The number of aliphatic carboxylic acids is 1. The molecule has 1 aromatic carbocycles. The number of hydrogen-bond donors (Lipinski definition) is 3. The fourth-order valence-electron chi connectivity index (χ4n) is 1.68. The zero-order valence-electron chi connectivity index (χ0n) is 10.5. The molecule has 1 unspecified atom stereocenters. The number of hydrogen-bond acceptors (Lipinski definition) is 4. The van der Waals surface area contributed by atoms with Gasteiger partial charge in [0.25, 0.3) is 0 Å². The number of carbonyl (C=O) groups is 3. The zero-order chi connectivity index (χ0) is 14.6. The van der Waals surface area contributed by atoms with E-state index in [1.165, 1.54) is 19.1 Å². The molecule has 0 fully saturated rings. The fraction of sp³-hybridized carbons (Fsp3) is 0.250. The number of rotatable bonds is 4. The molecule has 7 heteroatoms. The number of benzene rings is 1. The van der Waals surface area contributed by atoms with Gasteiger partial charge in [-0.3, -0.25) is 9.59 Å². The summed E-state index contributed by atoms with van der Waals surface area (Å²) in [6.07, 6.45) is 0. The van der Waals surface area contributed by atoms with Crippen LogP contribution in [0.3, 0.4) is 0 Å². The average Bonchev–Trinajstić information content (AvgIpc) is 2.36. The second-order valence-electron chi connectivity index (χ2n) is 3.96. The van der Waals surface area contributed by atoms with Crippen molar-refractivity contribution < 1.29 is 24.2 Å². The molecule has 0 aliphatic rings. The van der Waals surface area contributed by atoms with E-state index in [4.69, 9.17) is 5.73 Å². The number of nitrogens with two attached hydrogens (primary N) is 1. The van der Waals surface area contributed by atoms with Crippen LogP contribution in [0.25, 0.3) is 0 Å². The molecule has 1 rings (SSSR count). The second kappa shape index (κ2) is 5.38. The lowest BCUT2D eigenvalue weighted by atomic mass is 9.81. The first kappa shape index (κ1) is 14.5. The monoisotopic (exact) mass is 266 g/mol. The number of urea groups is 1. The van der Waals surface area contributed by atoms with Gasteiger partial charge in [0.05, 0.1) is 7.11 Å². The van der Waals surface area contributed by atoms with Gasteiger partial charge in [-0.2, -0.15) is 0 Å². The van der Waals surface area contributed by atoms with Crippen LogP contribution in [0, 0.1) is 0 Å². The molecule has 19 heavy (non-hydrogen) atoms. The third-order valence-corrected chi connectivity index (χ3v) is 2.74. The van der Waals surface area contributed by atoms with Crippen molar-refractivity contribution in [3.8, 4) is 0 Å². The van der Waals surface area contributed by atoms with Gasteiger partial charge in [0.15, 0.2) is 5.41 Å². The van der Waals surface area contributed by atoms with E-state index in [1.54, 1.807) is 12.1 Å². The van der Waals surface area contributed by atoms with Crippen molar-refractivity contribution in [3.63, 3.8) is 0 Å². The predicted molar refractivity (Wildman–Crippen MR) is 66.7 cm³/mol. The molecular weight excluding hydrogens is 252 g/mol. The van der Waals surface area contributed by atoms with Crippen LogP contribution in [0.1, 0.15) is 12.5 Å². The summed E-state index contributed by atoms with van der Waals surface area (Å²) in [5.41, 5.74) is 3.31. The number of methoxy groups -OCH3 is 1. The van der Waals surface area contributed by atoms with Crippen LogP contribution in [-0.4, -0.2) is 30.2 Å². The van der Waals surface area contributed by atoms with E-state index in [0.29, 0.717) is 0 Å². The van der Waals surface area contributed by atoms with Crippen LogP contribution in [0.2, 0.25) is 0 Å². The number of anilines is 1. The molecule has 7 nitrogen and oxygen atoms in total. The summed E-state index contributed by atoms with van der Waals surface area (Å²) in [6, 6.07) is 5.13. The Kier molecular flexibility index (Phi) is 4.11. The maximum atomic E-state index is 11.8. The fourth-order valence-corrected chi connectivity index (χ4v) is 1.68. The van der Waals surface area contributed by atoms with Crippen LogP contribution in [0.15, 0.2) is 24.3 Å². The van der Waals surface area contributed by atoms with Gasteiger partial charge >= 0.3 is 18.0 Å². The Labute approximate surface area is 109 Å². The number of carbonyl (C=O) groups excluding carboxylic acids is 2. The van der Waals surface area contributed by atoms with E-state index in [2.05, 4.69) is 10.1 Å². The Hall–Kier alpha value is -2.57. The highest BCUT2D eigenvalue weighted by atomic mass is 16.5. The van der Waals surface area contributed by atoms with Gasteiger partial charge in [0.1, 0.15) is 0 Å².